The van der Waals surface area contributed by atoms with Crippen LogP contribution < -0.4 is 0 Å². The second-order valence-corrected chi connectivity index (χ2v) is 4.25. The highest BCUT2D eigenvalue weighted by Gasteiger charge is 1.96. The Morgan fingerprint density at radius 3 is 2.19 bits per heavy atom. The molecule has 0 aromatic carbocycles. The van der Waals surface area contributed by atoms with Gasteiger partial charge in [0.25, 0.3) is 0 Å². The topological polar surface area (TPSA) is 46.5 Å². The van der Waals surface area contributed by atoms with Crippen LogP contribution in [-0.4, -0.2) is 20.0 Å². The van der Waals surface area contributed by atoms with Crippen molar-refractivity contribution in [3.05, 3.63) is 36.4 Å². The zero-order valence-electron chi connectivity index (χ0n) is 10.4. The van der Waals surface area contributed by atoms with Crippen LogP contribution in [-0.2, 0) is 0 Å². The Bertz CT molecular complexity index is 321. The number of rotatable bonds is 2. The van der Waals surface area contributed by atoms with Gasteiger partial charge in [0.05, 0.1) is 0 Å². The van der Waals surface area contributed by atoms with Gasteiger partial charge < -0.3 is 0 Å². The molecular weight excluding hydrogens is 200 g/mol. The second kappa shape index (κ2) is 6.10. The van der Waals surface area contributed by atoms with Crippen molar-refractivity contribution in [1.82, 2.24) is 20.0 Å². The van der Waals surface area contributed by atoms with Gasteiger partial charge in [-0.1, -0.05) is 13.8 Å². The van der Waals surface area contributed by atoms with Gasteiger partial charge in [-0.15, -0.1) is 0 Å². The van der Waals surface area contributed by atoms with Crippen LogP contribution in [0.1, 0.15) is 45.3 Å². The van der Waals surface area contributed by atoms with Crippen LogP contribution in [0.2, 0.25) is 0 Å². The molecule has 0 radical (unpaired) electrons. The molecule has 1 N–H and O–H groups in total. The molecule has 0 aliphatic heterocycles. The van der Waals surface area contributed by atoms with Gasteiger partial charge in [0, 0.05) is 30.3 Å². The smallest absolute Gasteiger partial charge is 0.0490 e. The zero-order chi connectivity index (χ0) is 12.0. The van der Waals surface area contributed by atoms with Crippen LogP contribution in [0.25, 0.3) is 0 Å². The fourth-order valence-electron chi connectivity index (χ4n) is 1.17. The third-order valence-corrected chi connectivity index (χ3v) is 2.20. The summed E-state index contributed by atoms with van der Waals surface area (Å²) < 4.78 is 1.92. The number of hydrogen-bond donors (Lipinski definition) is 1. The number of H-pyrrole nitrogens is 1. The molecule has 0 atom stereocenters. The maximum Gasteiger partial charge on any atom is 0.0490 e. The van der Waals surface area contributed by atoms with Gasteiger partial charge in [0.1, 0.15) is 0 Å². The average Bonchev–Trinajstić information content (AvgIpc) is 2.93. The maximum atomic E-state index is 4.03. The standard InChI is InChI=1S/2C6H10N2/c1-6(2)8-5-3-4-7-8;1-5(2)6-3-4-7-8-6/h3-6H,1-2H3;3-5H,1-2H3,(H,7,8). The van der Waals surface area contributed by atoms with Crippen molar-refractivity contribution < 1.29 is 0 Å². The predicted octanol–water partition coefficient (Wildman–Crippen LogP) is 3.00. The van der Waals surface area contributed by atoms with Crippen molar-refractivity contribution >= 4 is 0 Å². The highest BCUT2D eigenvalue weighted by Crippen LogP contribution is 2.07. The molecule has 0 bridgehead atoms. The lowest BCUT2D eigenvalue weighted by molar-refractivity contribution is 0.532. The molecular formula is C12H20N4. The van der Waals surface area contributed by atoms with Crippen molar-refractivity contribution in [3.8, 4) is 0 Å². The second-order valence-electron chi connectivity index (χ2n) is 4.25. The summed E-state index contributed by atoms with van der Waals surface area (Å²) in [6.45, 7) is 8.47. The summed E-state index contributed by atoms with van der Waals surface area (Å²) >= 11 is 0. The first-order valence-corrected chi connectivity index (χ1v) is 5.59. The van der Waals surface area contributed by atoms with Crippen molar-refractivity contribution in [1.29, 1.82) is 0 Å². The Morgan fingerprint density at radius 1 is 1.19 bits per heavy atom. The van der Waals surface area contributed by atoms with E-state index in [0.717, 1.165) is 0 Å². The molecule has 16 heavy (non-hydrogen) atoms. The fraction of sp³-hybridized carbons (Fsp3) is 0.500. The molecule has 4 heteroatoms. The van der Waals surface area contributed by atoms with Gasteiger partial charge in [-0.05, 0) is 31.9 Å². The van der Waals surface area contributed by atoms with Gasteiger partial charge >= 0.3 is 0 Å². The lowest BCUT2D eigenvalue weighted by atomic mass is 10.1. The van der Waals surface area contributed by atoms with Gasteiger partial charge in [-0.2, -0.15) is 10.2 Å². The summed E-state index contributed by atoms with van der Waals surface area (Å²) in [5.41, 5.74) is 1.20. The summed E-state index contributed by atoms with van der Waals surface area (Å²) in [7, 11) is 0. The average molecular weight is 220 g/mol. The van der Waals surface area contributed by atoms with Gasteiger partial charge in [-0.25, -0.2) is 0 Å². The molecule has 0 spiro atoms. The van der Waals surface area contributed by atoms with Crippen LogP contribution in [0.4, 0.5) is 0 Å². The number of aromatic amines is 1. The minimum absolute atomic E-state index is 0.491. The molecule has 0 aliphatic carbocycles. The van der Waals surface area contributed by atoms with Gasteiger partial charge in [0.2, 0.25) is 0 Å². The third kappa shape index (κ3) is 3.88. The van der Waals surface area contributed by atoms with E-state index in [1.165, 1.54) is 5.69 Å². The quantitative estimate of drug-likeness (QED) is 0.845. The fourth-order valence-corrected chi connectivity index (χ4v) is 1.17. The number of nitrogens with zero attached hydrogens (tertiary/aromatic N) is 3. The SMILES string of the molecule is CC(C)c1ccn[nH]1.CC(C)n1cccn1. The highest BCUT2D eigenvalue weighted by molar-refractivity contribution is 5.01. The Labute approximate surface area is 96.7 Å². The van der Waals surface area contributed by atoms with E-state index in [-0.39, 0.29) is 0 Å². The summed E-state index contributed by atoms with van der Waals surface area (Å²) in [6.07, 6.45) is 5.53. The molecule has 0 saturated carbocycles. The van der Waals surface area contributed by atoms with Crippen molar-refractivity contribution in [2.75, 3.05) is 0 Å². The number of nitrogens with one attached hydrogen (secondary N) is 1. The van der Waals surface area contributed by atoms with E-state index >= 15 is 0 Å². The highest BCUT2D eigenvalue weighted by atomic mass is 15.3. The summed E-state index contributed by atoms with van der Waals surface area (Å²) in [5, 5.41) is 10.7. The largest absolute Gasteiger partial charge is 0.282 e. The molecule has 0 unspecified atom stereocenters. The van der Waals surface area contributed by atoms with E-state index in [9.17, 15) is 0 Å². The van der Waals surface area contributed by atoms with Crippen molar-refractivity contribution in [3.63, 3.8) is 0 Å². The molecule has 4 nitrogen and oxygen atoms in total. The Balaban J connectivity index is 0.000000160. The third-order valence-electron chi connectivity index (χ3n) is 2.20. The molecule has 2 aromatic rings. The van der Waals surface area contributed by atoms with E-state index in [4.69, 9.17) is 0 Å². The Kier molecular flexibility index (Phi) is 4.76. The van der Waals surface area contributed by atoms with Crippen LogP contribution >= 0.6 is 0 Å². The van der Waals surface area contributed by atoms with Crippen LogP contribution in [0, 0.1) is 0 Å². The minimum Gasteiger partial charge on any atom is -0.282 e. The summed E-state index contributed by atoms with van der Waals surface area (Å²) in [6, 6.07) is 4.41. The molecule has 2 heterocycles. The van der Waals surface area contributed by atoms with Crippen LogP contribution in [0.3, 0.4) is 0 Å². The van der Waals surface area contributed by atoms with E-state index in [2.05, 4.69) is 43.0 Å². The predicted molar refractivity (Wildman–Crippen MR) is 65.3 cm³/mol. The lowest BCUT2D eigenvalue weighted by Gasteiger charge is -2.01. The molecule has 0 amide bonds. The van der Waals surface area contributed by atoms with Gasteiger partial charge in [-0.3, -0.25) is 9.78 Å². The van der Waals surface area contributed by atoms with Crippen molar-refractivity contribution in [2.45, 2.75) is 39.7 Å². The maximum absolute atomic E-state index is 4.03. The first-order valence-electron chi connectivity index (χ1n) is 5.59. The summed E-state index contributed by atoms with van der Waals surface area (Å²) in [5.74, 6) is 0.567. The molecule has 0 aliphatic rings. The lowest BCUT2D eigenvalue weighted by Crippen LogP contribution is -1.99. The Morgan fingerprint density at radius 2 is 1.94 bits per heavy atom. The van der Waals surface area contributed by atoms with E-state index in [1.54, 1.807) is 12.4 Å². The minimum atomic E-state index is 0.491. The number of hydrogen-bond acceptors (Lipinski definition) is 2. The first kappa shape index (κ1) is 12.5. The van der Waals surface area contributed by atoms with E-state index < -0.39 is 0 Å². The molecule has 88 valence electrons. The first-order chi connectivity index (χ1) is 7.61. The summed E-state index contributed by atoms with van der Waals surface area (Å²) in [4.78, 5) is 0. The molecule has 0 fully saturated rings. The van der Waals surface area contributed by atoms with Crippen molar-refractivity contribution in [2.24, 2.45) is 0 Å². The van der Waals surface area contributed by atoms with Crippen LogP contribution in [0.5, 0.6) is 0 Å². The van der Waals surface area contributed by atoms with Crippen LogP contribution in [0.15, 0.2) is 30.7 Å². The Hall–Kier alpha value is -1.58. The van der Waals surface area contributed by atoms with E-state index in [0.29, 0.717) is 12.0 Å². The number of aromatic nitrogens is 4. The molecule has 2 aromatic heterocycles. The molecule has 2 rings (SSSR count). The zero-order valence-corrected chi connectivity index (χ0v) is 10.4. The monoisotopic (exact) mass is 220 g/mol. The normalized spacial score (nSPS) is 10.4. The van der Waals surface area contributed by atoms with E-state index in [1.807, 2.05) is 23.0 Å². The molecule has 0 saturated heterocycles. The van der Waals surface area contributed by atoms with Gasteiger partial charge in [0.15, 0.2) is 0 Å².